The number of carbonyl (C=O) groups excluding carboxylic acids is 1. The average Bonchev–Trinajstić information content (AvgIpc) is 3.26. The van der Waals surface area contributed by atoms with Gasteiger partial charge in [-0.3, -0.25) is 14.2 Å². The number of likely N-dealkylation sites (tertiary alicyclic amines) is 1. The first kappa shape index (κ1) is 17.1. The van der Waals surface area contributed by atoms with Gasteiger partial charge in [0.15, 0.2) is 5.54 Å². The van der Waals surface area contributed by atoms with Crippen LogP contribution < -0.4 is 0 Å². The molecule has 0 spiro atoms. The largest absolute Gasteiger partial charge is 0.479 e. The molecule has 1 aliphatic rings. The van der Waals surface area contributed by atoms with Gasteiger partial charge >= 0.3 is 5.97 Å². The summed E-state index contributed by atoms with van der Waals surface area (Å²) in [7, 11) is 0. The van der Waals surface area contributed by atoms with Crippen molar-refractivity contribution in [2.75, 3.05) is 13.1 Å². The van der Waals surface area contributed by atoms with Crippen molar-refractivity contribution < 1.29 is 14.7 Å². The monoisotopic (exact) mass is 346 g/mol. The van der Waals surface area contributed by atoms with E-state index in [2.05, 4.69) is 15.2 Å². The maximum Gasteiger partial charge on any atom is 0.331 e. The van der Waals surface area contributed by atoms with Gasteiger partial charge in [-0.05, 0) is 18.9 Å². The summed E-state index contributed by atoms with van der Waals surface area (Å²) in [6, 6.07) is 0. The zero-order valence-electron chi connectivity index (χ0n) is 14.2. The molecule has 2 aromatic rings. The van der Waals surface area contributed by atoms with Gasteiger partial charge in [-0.15, -0.1) is 0 Å². The number of hydrogen-bond donors (Lipinski definition) is 1. The molecule has 1 N–H and O–H groups in total. The van der Waals surface area contributed by atoms with E-state index in [1.165, 1.54) is 11.0 Å². The third-order valence-corrected chi connectivity index (χ3v) is 4.74. The van der Waals surface area contributed by atoms with Crippen LogP contribution >= 0.6 is 0 Å². The van der Waals surface area contributed by atoms with Crippen LogP contribution in [0.3, 0.4) is 0 Å². The molecule has 9 nitrogen and oxygen atoms in total. The van der Waals surface area contributed by atoms with E-state index in [9.17, 15) is 14.7 Å². The summed E-state index contributed by atoms with van der Waals surface area (Å²) in [5, 5.41) is 17.9. The number of aromatic nitrogens is 5. The minimum Gasteiger partial charge on any atom is -0.479 e. The molecule has 0 unspecified atom stereocenters. The first-order chi connectivity index (χ1) is 12.0. The standard InChI is InChI=1S/C16H22N6O3/c1-13-9-18-22(10-13)16(15(24)25)4-7-20(8-5-16)14(23)3-2-6-21-12-17-11-19-21/h9-12H,2-8H2,1H3,(H,24,25). The smallest absolute Gasteiger partial charge is 0.331 e. The maximum absolute atomic E-state index is 12.4. The van der Waals surface area contributed by atoms with Gasteiger partial charge in [0, 0.05) is 45.1 Å². The molecule has 0 aromatic carbocycles. The van der Waals surface area contributed by atoms with Crippen LogP contribution in [0.25, 0.3) is 0 Å². The molecule has 2 aromatic heterocycles. The fraction of sp³-hybridized carbons (Fsp3) is 0.562. The Morgan fingerprint density at radius 2 is 2.04 bits per heavy atom. The lowest BCUT2D eigenvalue weighted by molar-refractivity contribution is -0.153. The number of aliphatic carboxylic acids is 1. The van der Waals surface area contributed by atoms with Crippen molar-refractivity contribution in [3.8, 4) is 0 Å². The van der Waals surface area contributed by atoms with E-state index in [0.29, 0.717) is 45.3 Å². The summed E-state index contributed by atoms with van der Waals surface area (Å²) < 4.78 is 3.23. The van der Waals surface area contributed by atoms with Crippen LogP contribution in [0, 0.1) is 6.92 Å². The number of carboxylic acids is 1. The van der Waals surface area contributed by atoms with Crippen LogP contribution in [0.4, 0.5) is 0 Å². The quantitative estimate of drug-likeness (QED) is 0.824. The summed E-state index contributed by atoms with van der Waals surface area (Å²) >= 11 is 0. The van der Waals surface area contributed by atoms with Gasteiger partial charge in [0.25, 0.3) is 0 Å². The van der Waals surface area contributed by atoms with Crippen molar-refractivity contribution in [3.63, 3.8) is 0 Å². The molecule has 1 aliphatic heterocycles. The second kappa shape index (κ2) is 7.04. The van der Waals surface area contributed by atoms with Crippen LogP contribution in [0.15, 0.2) is 25.0 Å². The Bertz CT molecular complexity index is 731. The summed E-state index contributed by atoms with van der Waals surface area (Å²) in [4.78, 5) is 29.9. The van der Waals surface area contributed by atoms with Gasteiger partial charge in [-0.2, -0.15) is 10.2 Å². The lowest BCUT2D eigenvalue weighted by atomic mass is 9.87. The van der Waals surface area contributed by atoms with E-state index in [1.807, 2.05) is 6.92 Å². The molecule has 9 heteroatoms. The minimum atomic E-state index is -1.06. The van der Waals surface area contributed by atoms with E-state index in [0.717, 1.165) is 5.56 Å². The van der Waals surface area contributed by atoms with Crippen LogP contribution in [0.5, 0.6) is 0 Å². The predicted octanol–water partition coefficient (Wildman–Crippen LogP) is 0.666. The van der Waals surface area contributed by atoms with E-state index in [4.69, 9.17) is 0 Å². The van der Waals surface area contributed by atoms with Crippen molar-refractivity contribution in [2.45, 2.75) is 44.7 Å². The van der Waals surface area contributed by atoms with Crippen LogP contribution in [0.2, 0.25) is 0 Å². The Hall–Kier alpha value is -2.71. The highest BCUT2D eigenvalue weighted by Gasteiger charge is 2.44. The van der Waals surface area contributed by atoms with Gasteiger partial charge in [0.1, 0.15) is 12.7 Å². The third kappa shape index (κ3) is 3.54. The highest BCUT2D eigenvalue weighted by atomic mass is 16.4. The predicted molar refractivity (Wildman–Crippen MR) is 87.6 cm³/mol. The lowest BCUT2D eigenvalue weighted by Crippen LogP contribution is -2.52. The van der Waals surface area contributed by atoms with Gasteiger partial charge in [0.05, 0.1) is 6.20 Å². The number of carboxylic acid groups (broad SMARTS) is 1. The van der Waals surface area contributed by atoms with E-state index in [-0.39, 0.29) is 5.91 Å². The molecule has 3 heterocycles. The van der Waals surface area contributed by atoms with Crippen LogP contribution in [0.1, 0.15) is 31.2 Å². The Labute approximate surface area is 145 Å². The van der Waals surface area contributed by atoms with Crippen molar-refractivity contribution in [3.05, 3.63) is 30.6 Å². The summed E-state index contributed by atoms with van der Waals surface area (Å²) in [5.74, 6) is -0.843. The van der Waals surface area contributed by atoms with Gasteiger partial charge < -0.3 is 10.0 Å². The first-order valence-corrected chi connectivity index (χ1v) is 8.36. The van der Waals surface area contributed by atoms with E-state index < -0.39 is 11.5 Å². The fourth-order valence-corrected chi connectivity index (χ4v) is 3.21. The van der Waals surface area contributed by atoms with E-state index in [1.54, 1.807) is 28.3 Å². The molecular weight excluding hydrogens is 324 g/mol. The molecule has 0 bridgehead atoms. The molecule has 0 radical (unpaired) electrons. The van der Waals surface area contributed by atoms with Crippen molar-refractivity contribution in [1.82, 2.24) is 29.4 Å². The first-order valence-electron chi connectivity index (χ1n) is 8.36. The zero-order chi connectivity index (χ0) is 17.9. The number of carbonyl (C=O) groups is 2. The molecule has 134 valence electrons. The normalized spacial score (nSPS) is 16.8. The number of hydrogen-bond acceptors (Lipinski definition) is 5. The molecule has 1 fully saturated rings. The minimum absolute atomic E-state index is 0.0516. The van der Waals surface area contributed by atoms with Crippen molar-refractivity contribution >= 4 is 11.9 Å². The number of nitrogens with zero attached hydrogens (tertiary/aromatic N) is 6. The molecule has 1 saturated heterocycles. The lowest BCUT2D eigenvalue weighted by Gasteiger charge is -2.39. The molecule has 0 atom stereocenters. The number of aryl methyl sites for hydroxylation is 2. The Morgan fingerprint density at radius 3 is 2.60 bits per heavy atom. The second-order valence-electron chi connectivity index (χ2n) is 6.44. The molecule has 25 heavy (non-hydrogen) atoms. The number of piperidine rings is 1. The maximum atomic E-state index is 12.4. The van der Waals surface area contributed by atoms with E-state index >= 15 is 0 Å². The summed E-state index contributed by atoms with van der Waals surface area (Å²) in [6.45, 7) is 3.37. The molecule has 0 saturated carbocycles. The fourth-order valence-electron chi connectivity index (χ4n) is 3.21. The van der Waals surface area contributed by atoms with Crippen LogP contribution in [-0.2, 0) is 21.7 Å². The zero-order valence-corrected chi connectivity index (χ0v) is 14.2. The summed E-state index contributed by atoms with van der Waals surface area (Å²) in [5.41, 5.74) is -0.140. The second-order valence-corrected chi connectivity index (χ2v) is 6.44. The summed E-state index contributed by atoms with van der Waals surface area (Å²) in [6.07, 6.45) is 8.32. The number of amides is 1. The topological polar surface area (TPSA) is 106 Å². The third-order valence-electron chi connectivity index (χ3n) is 4.74. The van der Waals surface area contributed by atoms with Crippen LogP contribution in [-0.4, -0.2) is 59.5 Å². The molecule has 3 rings (SSSR count). The highest BCUT2D eigenvalue weighted by Crippen LogP contribution is 2.30. The van der Waals surface area contributed by atoms with Crippen molar-refractivity contribution in [1.29, 1.82) is 0 Å². The number of rotatable bonds is 6. The average molecular weight is 346 g/mol. The van der Waals surface area contributed by atoms with Gasteiger partial charge in [0.2, 0.25) is 5.91 Å². The Morgan fingerprint density at radius 1 is 1.28 bits per heavy atom. The van der Waals surface area contributed by atoms with Gasteiger partial charge in [-0.1, -0.05) is 0 Å². The molecule has 0 aliphatic carbocycles. The SMILES string of the molecule is Cc1cnn(C2(C(=O)O)CCN(C(=O)CCCn3cncn3)CC2)c1. The highest BCUT2D eigenvalue weighted by molar-refractivity contribution is 5.79. The molecular formula is C16H22N6O3. The van der Waals surface area contributed by atoms with Crippen molar-refractivity contribution in [2.24, 2.45) is 0 Å². The molecule has 1 amide bonds. The Kier molecular flexibility index (Phi) is 4.82. The Balaban J connectivity index is 1.56. The van der Waals surface area contributed by atoms with Gasteiger partial charge in [-0.25, -0.2) is 9.78 Å².